The van der Waals surface area contributed by atoms with E-state index in [0.29, 0.717) is 18.9 Å². The van der Waals surface area contributed by atoms with Crippen molar-refractivity contribution < 1.29 is 31.5 Å². The monoisotopic (exact) mass is 525 g/mol. The highest BCUT2D eigenvalue weighted by Gasteiger charge is 2.55. The molecule has 2 heterocycles. The van der Waals surface area contributed by atoms with Gasteiger partial charge in [-0.1, -0.05) is 18.2 Å². The lowest BCUT2D eigenvalue weighted by atomic mass is 9.66. The summed E-state index contributed by atoms with van der Waals surface area (Å²) in [4.78, 5) is 14.7. The number of rotatable bonds is 7. The molecular weight excluding hydrogens is 495 g/mol. The van der Waals surface area contributed by atoms with Crippen LogP contribution in [0.2, 0.25) is 0 Å². The van der Waals surface area contributed by atoms with Crippen molar-refractivity contribution in [3.05, 3.63) is 59.4 Å². The molecule has 0 spiro atoms. The van der Waals surface area contributed by atoms with Gasteiger partial charge in [0.05, 0.1) is 6.04 Å². The number of hydrogen-bond acceptors (Lipinski definition) is 4. The maximum Gasteiger partial charge on any atom is 0.279 e. The second-order valence-corrected chi connectivity index (χ2v) is 12.2. The molecule has 1 amide bonds. The number of halogens is 3. The van der Waals surface area contributed by atoms with Crippen LogP contribution in [-0.2, 0) is 21.4 Å². The summed E-state index contributed by atoms with van der Waals surface area (Å²) in [6.07, 6.45) is 1.06. The third kappa shape index (κ3) is 5.02. The molecule has 2 aromatic rings. The van der Waals surface area contributed by atoms with Crippen LogP contribution in [0.25, 0.3) is 11.1 Å². The first-order valence-electron chi connectivity index (χ1n) is 11.7. The van der Waals surface area contributed by atoms with E-state index in [0.717, 1.165) is 16.4 Å². The van der Waals surface area contributed by atoms with Crippen LogP contribution in [0.4, 0.5) is 13.2 Å². The summed E-state index contributed by atoms with van der Waals surface area (Å²) in [6, 6.07) is 5.48. The molecule has 2 N–H and O–H groups in total. The van der Waals surface area contributed by atoms with Crippen LogP contribution < -0.4 is 4.72 Å². The Labute approximate surface area is 209 Å². The minimum atomic E-state index is -3.88. The molecule has 2 atom stereocenters. The Bertz CT molecular complexity index is 1250. The third-order valence-corrected chi connectivity index (χ3v) is 8.56. The van der Waals surface area contributed by atoms with Gasteiger partial charge in [-0.3, -0.25) is 4.79 Å². The van der Waals surface area contributed by atoms with E-state index in [-0.39, 0.29) is 35.1 Å². The molecule has 2 aliphatic heterocycles. The maximum absolute atomic E-state index is 15.7. The molecule has 1 aliphatic carbocycles. The molecule has 5 rings (SSSR count). The van der Waals surface area contributed by atoms with Crippen molar-refractivity contribution in [1.82, 2.24) is 13.9 Å². The zero-order valence-electron chi connectivity index (χ0n) is 20.5. The van der Waals surface area contributed by atoms with Gasteiger partial charge in [-0.25, -0.2) is 13.2 Å². The standard InChI is InChI=1S/C25H30F3N3O4S/c1-25(2,33)24(32)31-19-10-16(11-19)23(29-36(34,35)30(3)4)21(31)12-14-6-5-7-20(22(14)28)15-8-17(26)13-18(27)9-15/h5-9,13,16,19,21,23,29,33H,10-12H2,1-4H3/t16?,19?,21-,23-/m0/s1. The Balaban J connectivity index is 1.76. The Morgan fingerprint density at radius 3 is 2.31 bits per heavy atom. The Morgan fingerprint density at radius 2 is 1.75 bits per heavy atom. The van der Waals surface area contributed by atoms with E-state index in [1.807, 2.05) is 0 Å². The highest BCUT2D eigenvalue weighted by atomic mass is 32.2. The van der Waals surface area contributed by atoms with E-state index >= 15 is 4.39 Å². The van der Waals surface area contributed by atoms with Crippen molar-refractivity contribution in [2.45, 2.75) is 56.8 Å². The van der Waals surface area contributed by atoms with Crippen molar-refractivity contribution in [1.29, 1.82) is 0 Å². The molecule has 0 radical (unpaired) electrons. The van der Waals surface area contributed by atoms with Gasteiger partial charge in [0.25, 0.3) is 16.1 Å². The number of nitrogens with one attached hydrogen (secondary N) is 1. The van der Waals surface area contributed by atoms with E-state index < -0.39 is 51.3 Å². The highest BCUT2D eigenvalue weighted by molar-refractivity contribution is 7.87. The summed E-state index contributed by atoms with van der Waals surface area (Å²) >= 11 is 0. The third-order valence-electron chi connectivity index (χ3n) is 7.03. The summed E-state index contributed by atoms with van der Waals surface area (Å²) in [5.74, 6) is -3.05. The number of aliphatic hydroxyl groups is 1. The molecule has 0 aromatic heterocycles. The number of carbonyl (C=O) groups is 1. The molecule has 2 bridgehead atoms. The van der Waals surface area contributed by atoms with Crippen LogP contribution in [-0.4, -0.2) is 66.5 Å². The molecule has 7 nitrogen and oxygen atoms in total. The zero-order chi connectivity index (χ0) is 26.6. The largest absolute Gasteiger partial charge is 0.381 e. The van der Waals surface area contributed by atoms with Gasteiger partial charge in [-0.05, 0) is 62.3 Å². The minimum Gasteiger partial charge on any atom is -0.381 e. The smallest absolute Gasteiger partial charge is 0.279 e. The molecule has 36 heavy (non-hydrogen) atoms. The Hall–Kier alpha value is -2.47. The lowest BCUT2D eigenvalue weighted by Crippen LogP contribution is -2.72. The topological polar surface area (TPSA) is 90.0 Å². The molecule has 2 saturated heterocycles. The SMILES string of the molecule is CN(C)S(=O)(=O)N[C@H]1C2CC(C2)N(C(=O)C(C)(C)O)[C@H]1Cc1cccc(-c2cc(F)cc(F)c2)c1F. The van der Waals surface area contributed by atoms with Gasteiger partial charge in [-0.2, -0.15) is 17.4 Å². The fraction of sp³-hybridized carbons (Fsp3) is 0.480. The number of amides is 1. The van der Waals surface area contributed by atoms with E-state index in [1.165, 1.54) is 45.0 Å². The van der Waals surface area contributed by atoms with Crippen LogP contribution in [0.5, 0.6) is 0 Å². The molecule has 11 heteroatoms. The first-order chi connectivity index (χ1) is 16.7. The number of benzene rings is 2. The van der Waals surface area contributed by atoms with Crippen molar-refractivity contribution in [3.8, 4) is 11.1 Å². The quantitative estimate of drug-likeness (QED) is 0.582. The van der Waals surface area contributed by atoms with Gasteiger partial charge in [0.15, 0.2) is 0 Å². The fourth-order valence-corrected chi connectivity index (χ4v) is 6.02. The predicted octanol–water partition coefficient (Wildman–Crippen LogP) is 2.84. The van der Waals surface area contributed by atoms with Crippen molar-refractivity contribution in [2.75, 3.05) is 14.1 Å². The molecule has 1 saturated carbocycles. The lowest BCUT2D eigenvalue weighted by Gasteiger charge is -2.59. The van der Waals surface area contributed by atoms with Crippen LogP contribution in [0.15, 0.2) is 36.4 Å². The van der Waals surface area contributed by atoms with E-state index in [9.17, 15) is 27.1 Å². The normalized spacial score (nSPS) is 24.1. The Morgan fingerprint density at radius 1 is 1.14 bits per heavy atom. The Kier molecular flexibility index (Phi) is 6.97. The summed E-state index contributed by atoms with van der Waals surface area (Å²) < 4.78 is 72.4. The number of piperidine rings is 2. The zero-order valence-corrected chi connectivity index (χ0v) is 21.3. The van der Waals surface area contributed by atoms with E-state index in [2.05, 4.69) is 4.72 Å². The number of fused-ring (bicyclic) bond motifs is 2. The summed E-state index contributed by atoms with van der Waals surface area (Å²) in [5, 5.41) is 10.5. The lowest BCUT2D eigenvalue weighted by molar-refractivity contribution is -0.166. The van der Waals surface area contributed by atoms with Crippen LogP contribution in [0.3, 0.4) is 0 Å². The first kappa shape index (κ1) is 26.6. The van der Waals surface area contributed by atoms with E-state index in [1.54, 1.807) is 6.07 Å². The predicted molar refractivity (Wildman–Crippen MR) is 128 cm³/mol. The van der Waals surface area contributed by atoms with Crippen molar-refractivity contribution >= 4 is 16.1 Å². The molecule has 196 valence electrons. The van der Waals surface area contributed by atoms with Gasteiger partial charge in [0.1, 0.15) is 23.1 Å². The summed E-state index contributed by atoms with van der Waals surface area (Å²) in [6.45, 7) is 2.71. The van der Waals surface area contributed by atoms with Crippen molar-refractivity contribution in [3.63, 3.8) is 0 Å². The van der Waals surface area contributed by atoms with Gasteiger partial charge in [0, 0.05) is 37.8 Å². The van der Waals surface area contributed by atoms with Crippen LogP contribution >= 0.6 is 0 Å². The number of hydrogen-bond donors (Lipinski definition) is 2. The highest BCUT2D eigenvalue weighted by Crippen LogP contribution is 2.45. The van der Waals surface area contributed by atoms with Gasteiger partial charge in [-0.15, -0.1) is 0 Å². The fourth-order valence-electron chi connectivity index (χ4n) is 5.11. The van der Waals surface area contributed by atoms with Gasteiger partial charge in [0.2, 0.25) is 0 Å². The number of carbonyl (C=O) groups excluding carboxylic acids is 1. The second kappa shape index (κ2) is 9.44. The van der Waals surface area contributed by atoms with Crippen molar-refractivity contribution in [2.24, 2.45) is 5.92 Å². The molecule has 3 fully saturated rings. The summed E-state index contributed by atoms with van der Waals surface area (Å²) in [7, 11) is -1.12. The maximum atomic E-state index is 15.7. The molecular formula is C25H30F3N3O4S. The number of nitrogens with zero attached hydrogens (tertiary/aromatic N) is 2. The van der Waals surface area contributed by atoms with E-state index in [4.69, 9.17) is 0 Å². The van der Waals surface area contributed by atoms with Crippen LogP contribution in [0.1, 0.15) is 32.3 Å². The summed E-state index contributed by atoms with van der Waals surface area (Å²) in [5.41, 5.74) is -1.55. The molecule has 3 aliphatic rings. The minimum absolute atomic E-state index is 0.0161. The average Bonchev–Trinajstić information content (AvgIpc) is 2.72. The first-order valence-corrected chi connectivity index (χ1v) is 13.1. The molecule has 0 unspecified atom stereocenters. The van der Waals surface area contributed by atoms with Crippen LogP contribution in [0, 0.1) is 23.4 Å². The molecule has 2 aromatic carbocycles. The van der Waals surface area contributed by atoms with Gasteiger partial charge >= 0.3 is 0 Å². The average molecular weight is 526 g/mol. The van der Waals surface area contributed by atoms with Gasteiger partial charge < -0.3 is 10.0 Å². The second-order valence-electron chi connectivity index (χ2n) is 10.3.